The number of carboxylic acid groups (broad SMARTS) is 2. The maximum Gasteiger partial charge on any atom is 0.326 e. The number of thiol groups is 1. The van der Waals surface area contributed by atoms with E-state index in [-0.39, 0.29) is 18.6 Å². The first-order valence-corrected chi connectivity index (χ1v) is 10.8. The molecule has 14 heteroatoms. The number of nitrogens with two attached hydrogens (primary N) is 1. The van der Waals surface area contributed by atoms with Crippen LogP contribution in [0.2, 0.25) is 0 Å². The van der Waals surface area contributed by atoms with Gasteiger partial charge in [-0.25, -0.2) is 9.78 Å². The molecule has 3 amide bonds. The molecule has 1 aromatic rings. The first kappa shape index (κ1) is 27.9. The smallest absolute Gasteiger partial charge is 0.326 e. The van der Waals surface area contributed by atoms with E-state index < -0.39 is 66.2 Å². The minimum atomic E-state index is -1.29. The molecule has 0 aliphatic rings. The van der Waals surface area contributed by atoms with Crippen LogP contribution in [0.25, 0.3) is 0 Å². The molecule has 33 heavy (non-hydrogen) atoms. The van der Waals surface area contributed by atoms with Crippen LogP contribution in [0.4, 0.5) is 0 Å². The highest BCUT2D eigenvalue weighted by atomic mass is 32.1. The van der Waals surface area contributed by atoms with Gasteiger partial charge in [0.2, 0.25) is 17.7 Å². The molecule has 0 saturated heterocycles. The lowest BCUT2D eigenvalue weighted by Gasteiger charge is -2.26. The molecule has 0 fully saturated rings. The molecule has 1 aromatic heterocycles. The predicted molar refractivity (Wildman–Crippen MR) is 119 cm³/mol. The van der Waals surface area contributed by atoms with Crippen LogP contribution < -0.4 is 21.7 Å². The van der Waals surface area contributed by atoms with Crippen LogP contribution >= 0.6 is 12.6 Å². The van der Waals surface area contributed by atoms with Crippen molar-refractivity contribution < 1.29 is 34.2 Å². The zero-order valence-corrected chi connectivity index (χ0v) is 19.2. The first-order valence-electron chi connectivity index (χ1n) is 10.2. The highest BCUT2D eigenvalue weighted by molar-refractivity contribution is 7.80. The average Bonchev–Trinajstić information content (AvgIpc) is 3.25. The Balaban J connectivity index is 2.94. The number of nitrogens with zero attached hydrogens (tertiary/aromatic N) is 1. The summed E-state index contributed by atoms with van der Waals surface area (Å²) < 4.78 is 0. The highest BCUT2D eigenvalue weighted by Gasteiger charge is 2.32. The van der Waals surface area contributed by atoms with Crippen molar-refractivity contribution in [1.82, 2.24) is 25.9 Å². The summed E-state index contributed by atoms with van der Waals surface area (Å²) in [7, 11) is 0. The number of carbonyl (C=O) groups excluding carboxylic acids is 3. The Hall–Kier alpha value is -3.13. The number of hydrogen-bond donors (Lipinski definition) is 8. The van der Waals surface area contributed by atoms with Crippen LogP contribution in [0.15, 0.2) is 12.5 Å². The lowest BCUT2D eigenvalue weighted by atomic mass is 10.0. The maximum absolute atomic E-state index is 12.8. The molecule has 0 saturated carbocycles. The minimum absolute atomic E-state index is 0.00301. The third-order valence-electron chi connectivity index (χ3n) is 4.65. The Labute approximate surface area is 195 Å². The molecule has 1 heterocycles. The second kappa shape index (κ2) is 13.4. The monoisotopic (exact) mass is 486 g/mol. The standard InChI is InChI=1S/C19H30N6O7S/c1-9(2)15(18(30)24-13(19(31)32)5-10-6-21-8-22-10)25-17(29)12(3-4-14(26)27)23-16(28)11(20)7-33/h6,8-9,11-13,15,33H,3-5,7,20H2,1-2H3,(H,21,22)(H,23,28)(H,24,30)(H,25,29)(H,26,27)(H,31,32). The first-order chi connectivity index (χ1) is 15.5. The van der Waals surface area contributed by atoms with Gasteiger partial charge in [-0.1, -0.05) is 13.8 Å². The van der Waals surface area contributed by atoms with Gasteiger partial charge in [0.25, 0.3) is 0 Å². The van der Waals surface area contributed by atoms with E-state index in [1.54, 1.807) is 13.8 Å². The van der Waals surface area contributed by atoms with E-state index in [1.807, 2.05) is 0 Å². The molecule has 0 spiro atoms. The fourth-order valence-corrected chi connectivity index (χ4v) is 2.93. The fourth-order valence-electron chi connectivity index (χ4n) is 2.76. The molecule has 0 bridgehead atoms. The normalized spacial score (nSPS) is 14.6. The van der Waals surface area contributed by atoms with E-state index in [1.165, 1.54) is 12.5 Å². The Morgan fingerprint density at radius 1 is 1.06 bits per heavy atom. The number of rotatable bonds is 14. The van der Waals surface area contributed by atoms with Crippen molar-refractivity contribution in [3.05, 3.63) is 18.2 Å². The number of aliphatic carboxylic acids is 2. The lowest BCUT2D eigenvalue weighted by molar-refractivity contribution is -0.142. The van der Waals surface area contributed by atoms with Crippen LogP contribution in [0, 0.1) is 5.92 Å². The SMILES string of the molecule is CC(C)C(NC(=O)C(CCC(=O)O)NC(=O)C(N)CS)C(=O)NC(Cc1cnc[nH]1)C(=O)O. The van der Waals surface area contributed by atoms with Crippen molar-refractivity contribution >= 4 is 42.3 Å². The molecule has 13 nitrogen and oxygen atoms in total. The second-order valence-electron chi connectivity index (χ2n) is 7.69. The summed E-state index contributed by atoms with van der Waals surface area (Å²) in [5.74, 6) is -5.16. The maximum atomic E-state index is 12.8. The number of hydrogen-bond acceptors (Lipinski definition) is 8. The van der Waals surface area contributed by atoms with Gasteiger partial charge in [-0.3, -0.25) is 19.2 Å². The van der Waals surface area contributed by atoms with Crippen molar-refractivity contribution in [1.29, 1.82) is 0 Å². The van der Waals surface area contributed by atoms with Gasteiger partial charge < -0.3 is 36.9 Å². The average molecular weight is 487 g/mol. The van der Waals surface area contributed by atoms with E-state index >= 15 is 0 Å². The van der Waals surface area contributed by atoms with Gasteiger partial charge >= 0.3 is 11.9 Å². The summed E-state index contributed by atoms with van der Waals surface area (Å²) in [6.07, 6.45) is 2.08. The van der Waals surface area contributed by atoms with E-state index in [9.17, 15) is 29.1 Å². The Kier molecular flexibility index (Phi) is 11.4. The second-order valence-corrected chi connectivity index (χ2v) is 8.06. The third kappa shape index (κ3) is 9.49. The van der Waals surface area contributed by atoms with Gasteiger partial charge in [0.1, 0.15) is 18.1 Å². The number of nitrogens with one attached hydrogen (secondary N) is 4. The van der Waals surface area contributed by atoms with Crippen LogP contribution in [0.5, 0.6) is 0 Å². The van der Waals surface area contributed by atoms with Crippen molar-refractivity contribution in [2.24, 2.45) is 11.7 Å². The van der Waals surface area contributed by atoms with Gasteiger partial charge in [-0.05, 0) is 12.3 Å². The van der Waals surface area contributed by atoms with Crippen molar-refractivity contribution in [3.63, 3.8) is 0 Å². The summed E-state index contributed by atoms with van der Waals surface area (Å²) in [6.45, 7) is 3.27. The Morgan fingerprint density at radius 2 is 1.70 bits per heavy atom. The number of imidazole rings is 1. The highest BCUT2D eigenvalue weighted by Crippen LogP contribution is 2.07. The molecule has 0 aliphatic heterocycles. The molecule has 184 valence electrons. The molecule has 8 N–H and O–H groups in total. The van der Waals surface area contributed by atoms with Gasteiger partial charge in [0.05, 0.1) is 12.4 Å². The van der Waals surface area contributed by atoms with Crippen LogP contribution in [0.1, 0.15) is 32.4 Å². The number of aromatic amines is 1. The van der Waals surface area contributed by atoms with Crippen LogP contribution in [-0.4, -0.2) is 79.8 Å². The van der Waals surface area contributed by atoms with E-state index in [0.29, 0.717) is 5.69 Å². The summed E-state index contributed by atoms with van der Waals surface area (Å²) in [5, 5.41) is 25.6. The minimum Gasteiger partial charge on any atom is -0.481 e. The van der Waals surface area contributed by atoms with Crippen molar-refractivity contribution in [2.75, 3.05) is 5.75 Å². The summed E-state index contributed by atoms with van der Waals surface area (Å²) >= 11 is 3.92. The van der Waals surface area contributed by atoms with Crippen LogP contribution in [-0.2, 0) is 30.4 Å². The molecule has 4 atom stereocenters. The third-order valence-corrected chi connectivity index (χ3v) is 5.05. The van der Waals surface area contributed by atoms with Gasteiger partial charge in [0, 0.05) is 30.5 Å². The number of carbonyl (C=O) groups is 5. The summed E-state index contributed by atoms with van der Waals surface area (Å²) in [5.41, 5.74) is 6.08. The largest absolute Gasteiger partial charge is 0.481 e. The van der Waals surface area contributed by atoms with Crippen molar-refractivity contribution in [2.45, 2.75) is 57.3 Å². The Bertz CT molecular complexity index is 833. The number of amides is 3. The molecular weight excluding hydrogens is 456 g/mol. The van der Waals surface area contributed by atoms with E-state index in [0.717, 1.165) is 0 Å². The summed E-state index contributed by atoms with van der Waals surface area (Å²) in [6, 6.07) is -4.72. The molecule has 1 rings (SSSR count). The number of carboxylic acids is 2. The van der Waals surface area contributed by atoms with E-state index in [2.05, 4.69) is 38.5 Å². The van der Waals surface area contributed by atoms with Gasteiger partial charge in [-0.2, -0.15) is 12.6 Å². The lowest BCUT2D eigenvalue weighted by Crippen LogP contribution is -2.58. The molecule has 0 aromatic carbocycles. The van der Waals surface area contributed by atoms with Gasteiger partial charge in [-0.15, -0.1) is 0 Å². The molecule has 4 unspecified atom stereocenters. The zero-order chi connectivity index (χ0) is 25.1. The van der Waals surface area contributed by atoms with Gasteiger partial charge in [0.15, 0.2) is 0 Å². The number of H-pyrrole nitrogens is 1. The predicted octanol–water partition coefficient (Wildman–Crippen LogP) is -1.73. The molecular formula is C19H30N6O7S. The quantitative estimate of drug-likeness (QED) is 0.140. The number of aromatic nitrogens is 2. The zero-order valence-electron chi connectivity index (χ0n) is 18.3. The molecule has 0 radical (unpaired) electrons. The fraction of sp³-hybridized carbons (Fsp3) is 0.579. The van der Waals surface area contributed by atoms with Crippen molar-refractivity contribution in [3.8, 4) is 0 Å². The van der Waals surface area contributed by atoms with E-state index in [4.69, 9.17) is 10.8 Å². The summed E-state index contributed by atoms with van der Waals surface area (Å²) in [4.78, 5) is 66.8. The topological polar surface area (TPSA) is 217 Å². The molecule has 0 aliphatic carbocycles. The van der Waals surface area contributed by atoms with Crippen LogP contribution in [0.3, 0.4) is 0 Å². The Morgan fingerprint density at radius 3 is 2.18 bits per heavy atom.